The molecule has 0 saturated carbocycles. The lowest BCUT2D eigenvalue weighted by molar-refractivity contribution is 0.0520. The molecule has 0 unspecified atom stereocenters. The molecule has 2 aliphatic rings. The number of phenolic OH excluding ortho intramolecular Hbond substituents is 1. The van der Waals surface area contributed by atoms with Crippen LogP contribution < -0.4 is 4.74 Å². The van der Waals surface area contributed by atoms with Crippen molar-refractivity contribution < 1.29 is 19.4 Å². The summed E-state index contributed by atoms with van der Waals surface area (Å²) in [6.07, 6.45) is 4.09. The zero-order valence-corrected chi connectivity index (χ0v) is 13.8. The number of esters is 1. The first-order valence-electron chi connectivity index (χ1n) is 8.01. The van der Waals surface area contributed by atoms with Crippen molar-refractivity contribution in [1.82, 2.24) is 0 Å². The van der Waals surface area contributed by atoms with E-state index < -0.39 is 5.97 Å². The molecule has 2 atom stereocenters. The lowest BCUT2D eigenvalue weighted by atomic mass is 9.73. The van der Waals surface area contributed by atoms with Crippen molar-refractivity contribution in [1.29, 1.82) is 0 Å². The van der Waals surface area contributed by atoms with Gasteiger partial charge >= 0.3 is 5.97 Å². The molecule has 122 valence electrons. The fourth-order valence-corrected chi connectivity index (χ4v) is 3.59. The maximum Gasteiger partial charge on any atom is 0.342 e. The first-order chi connectivity index (χ1) is 10.9. The van der Waals surface area contributed by atoms with Crippen LogP contribution in [-0.2, 0) is 4.74 Å². The number of fused-ring (bicyclic) bond motifs is 3. The van der Waals surface area contributed by atoms with E-state index in [1.807, 2.05) is 0 Å². The van der Waals surface area contributed by atoms with E-state index in [4.69, 9.17) is 9.47 Å². The van der Waals surface area contributed by atoms with Crippen molar-refractivity contribution in [3.8, 4) is 11.5 Å². The molecule has 1 aromatic rings. The number of carbonyl (C=O) groups is 1. The van der Waals surface area contributed by atoms with Gasteiger partial charge in [0.25, 0.3) is 0 Å². The Kier molecular flexibility index (Phi) is 3.92. The highest BCUT2D eigenvalue weighted by Crippen LogP contribution is 2.52. The molecular formula is C19H22O4. The first-order valence-corrected chi connectivity index (χ1v) is 8.01. The molecule has 1 aliphatic carbocycles. The first kappa shape index (κ1) is 15.7. The summed E-state index contributed by atoms with van der Waals surface area (Å²) in [5, 5.41) is 10.5. The summed E-state index contributed by atoms with van der Waals surface area (Å²) in [5.74, 6) is 0.923. The second-order valence-electron chi connectivity index (χ2n) is 6.30. The number of ether oxygens (including phenoxy) is 2. The van der Waals surface area contributed by atoms with E-state index in [-0.39, 0.29) is 17.6 Å². The molecule has 0 saturated heterocycles. The van der Waals surface area contributed by atoms with Crippen LogP contribution in [0.15, 0.2) is 30.1 Å². The van der Waals surface area contributed by atoms with Crippen molar-refractivity contribution in [3.05, 3.63) is 46.7 Å². The van der Waals surface area contributed by atoms with Crippen LogP contribution in [0.25, 0.3) is 0 Å². The SMILES string of the molecule is C=C1Oc2c(C(=O)OCC)c(C)cc(O)c2[C@@H]2C=C(C)CC[C@@H]12. The predicted molar refractivity (Wildman–Crippen MR) is 87.8 cm³/mol. The van der Waals surface area contributed by atoms with Gasteiger partial charge in [-0.2, -0.15) is 0 Å². The normalized spacial score (nSPS) is 22.6. The zero-order valence-electron chi connectivity index (χ0n) is 13.8. The van der Waals surface area contributed by atoms with Gasteiger partial charge in [-0.15, -0.1) is 0 Å². The number of hydrogen-bond acceptors (Lipinski definition) is 4. The summed E-state index contributed by atoms with van der Waals surface area (Å²) in [6, 6.07) is 1.62. The maximum atomic E-state index is 12.4. The Labute approximate surface area is 136 Å². The number of hydrogen-bond donors (Lipinski definition) is 1. The molecule has 1 heterocycles. The number of benzene rings is 1. The molecule has 1 N–H and O–H groups in total. The highest BCUT2D eigenvalue weighted by molar-refractivity contribution is 5.95. The van der Waals surface area contributed by atoms with Gasteiger partial charge < -0.3 is 14.6 Å². The van der Waals surface area contributed by atoms with Crippen LogP contribution in [-0.4, -0.2) is 17.7 Å². The van der Waals surface area contributed by atoms with E-state index in [2.05, 4.69) is 19.6 Å². The monoisotopic (exact) mass is 314 g/mol. The molecule has 0 aromatic heterocycles. The molecule has 23 heavy (non-hydrogen) atoms. The molecule has 4 heteroatoms. The lowest BCUT2D eigenvalue weighted by Crippen LogP contribution is -2.27. The van der Waals surface area contributed by atoms with Crippen LogP contribution in [0.2, 0.25) is 0 Å². The summed E-state index contributed by atoms with van der Waals surface area (Å²) >= 11 is 0. The van der Waals surface area contributed by atoms with Gasteiger partial charge in [-0.3, -0.25) is 0 Å². The van der Waals surface area contributed by atoms with Gasteiger partial charge in [0.15, 0.2) is 0 Å². The van der Waals surface area contributed by atoms with Gasteiger partial charge in [0.2, 0.25) is 0 Å². The van der Waals surface area contributed by atoms with Crippen molar-refractivity contribution in [2.75, 3.05) is 6.61 Å². The lowest BCUT2D eigenvalue weighted by Gasteiger charge is -2.37. The molecule has 0 spiro atoms. The second kappa shape index (κ2) is 5.76. The van der Waals surface area contributed by atoms with Crippen LogP contribution in [0.5, 0.6) is 11.5 Å². The standard InChI is InChI=1S/C19H22O4/c1-5-22-19(21)16-11(3)9-15(20)17-14-8-10(2)6-7-13(14)12(4)23-18(16)17/h8-9,13-14,20H,4-7H2,1-3H3/t13-,14+/m0/s1. The minimum atomic E-state index is -0.427. The molecule has 0 radical (unpaired) electrons. The fraction of sp³-hybridized carbons (Fsp3) is 0.421. The van der Waals surface area contributed by atoms with E-state index in [1.165, 1.54) is 5.57 Å². The average molecular weight is 314 g/mol. The topological polar surface area (TPSA) is 55.8 Å². The zero-order chi connectivity index (χ0) is 16.7. The van der Waals surface area contributed by atoms with E-state index in [0.29, 0.717) is 34.8 Å². The van der Waals surface area contributed by atoms with Gasteiger partial charge in [0.05, 0.1) is 6.61 Å². The molecular weight excluding hydrogens is 292 g/mol. The number of allylic oxidation sites excluding steroid dienone is 3. The van der Waals surface area contributed by atoms with Gasteiger partial charge in [0.1, 0.15) is 22.8 Å². The summed E-state index contributed by atoms with van der Waals surface area (Å²) in [5.41, 5.74) is 2.98. The molecule has 0 amide bonds. The van der Waals surface area contributed by atoms with Gasteiger partial charge in [0, 0.05) is 17.4 Å². The van der Waals surface area contributed by atoms with E-state index in [0.717, 1.165) is 12.8 Å². The Balaban J connectivity index is 2.22. The largest absolute Gasteiger partial charge is 0.507 e. The number of aromatic hydroxyl groups is 1. The Bertz CT molecular complexity index is 715. The van der Waals surface area contributed by atoms with Gasteiger partial charge in [-0.05, 0) is 45.2 Å². The van der Waals surface area contributed by atoms with Gasteiger partial charge in [-0.1, -0.05) is 18.2 Å². The molecule has 1 aromatic carbocycles. The minimum absolute atomic E-state index is 0.00576. The Morgan fingerprint density at radius 2 is 2.22 bits per heavy atom. The third-order valence-corrected chi connectivity index (χ3v) is 4.70. The predicted octanol–water partition coefficient (Wildman–Crippen LogP) is 4.22. The van der Waals surface area contributed by atoms with Crippen molar-refractivity contribution in [2.24, 2.45) is 5.92 Å². The van der Waals surface area contributed by atoms with E-state index in [1.54, 1.807) is 19.9 Å². The Morgan fingerprint density at radius 1 is 1.48 bits per heavy atom. The third kappa shape index (κ3) is 2.52. The maximum absolute atomic E-state index is 12.4. The van der Waals surface area contributed by atoms with Crippen LogP contribution in [0.3, 0.4) is 0 Å². The second-order valence-corrected chi connectivity index (χ2v) is 6.30. The summed E-state index contributed by atoms with van der Waals surface area (Å²) < 4.78 is 11.1. The Morgan fingerprint density at radius 3 is 2.91 bits per heavy atom. The van der Waals surface area contributed by atoms with Crippen LogP contribution >= 0.6 is 0 Å². The number of aryl methyl sites for hydroxylation is 1. The quantitative estimate of drug-likeness (QED) is 0.656. The van der Waals surface area contributed by atoms with Crippen molar-refractivity contribution >= 4 is 5.97 Å². The highest BCUT2D eigenvalue weighted by Gasteiger charge is 2.39. The van der Waals surface area contributed by atoms with E-state index >= 15 is 0 Å². The molecule has 1 aliphatic heterocycles. The summed E-state index contributed by atoms with van der Waals surface area (Å²) in [7, 11) is 0. The van der Waals surface area contributed by atoms with Crippen LogP contribution in [0.4, 0.5) is 0 Å². The minimum Gasteiger partial charge on any atom is -0.507 e. The van der Waals surface area contributed by atoms with Gasteiger partial charge in [-0.25, -0.2) is 4.79 Å². The molecule has 0 bridgehead atoms. The number of rotatable bonds is 2. The van der Waals surface area contributed by atoms with Crippen molar-refractivity contribution in [2.45, 2.75) is 39.5 Å². The smallest absolute Gasteiger partial charge is 0.342 e. The van der Waals surface area contributed by atoms with Crippen molar-refractivity contribution in [3.63, 3.8) is 0 Å². The number of phenols is 1. The average Bonchev–Trinajstić information content (AvgIpc) is 2.46. The third-order valence-electron chi connectivity index (χ3n) is 4.70. The highest BCUT2D eigenvalue weighted by atomic mass is 16.5. The van der Waals surface area contributed by atoms with Crippen LogP contribution in [0, 0.1) is 12.8 Å². The summed E-state index contributed by atoms with van der Waals surface area (Å²) in [6.45, 7) is 9.96. The van der Waals surface area contributed by atoms with Crippen LogP contribution in [0.1, 0.15) is 54.1 Å². The molecule has 3 rings (SSSR count). The fourth-order valence-electron chi connectivity index (χ4n) is 3.59. The molecule has 0 fully saturated rings. The number of carbonyl (C=O) groups excluding carboxylic acids is 1. The summed E-state index contributed by atoms with van der Waals surface area (Å²) in [4.78, 5) is 12.4. The Hall–Kier alpha value is -2.23. The van der Waals surface area contributed by atoms with E-state index in [9.17, 15) is 9.90 Å². The molecule has 4 nitrogen and oxygen atoms in total.